The lowest BCUT2D eigenvalue weighted by atomic mass is 9.89. The molecule has 1 aliphatic rings. The average Bonchev–Trinajstić information content (AvgIpc) is 3.36. The Kier molecular flexibility index (Phi) is 5.03. The number of oxazole rings is 1. The second-order valence-corrected chi connectivity index (χ2v) is 7.00. The molecule has 0 bridgehead atoms. The van der Waals surface area contributed by atoms with Crippen LogP contribution in [0.2, 0.25) is 0 Å². The van der Waals surface area contributed by atoms with Gasteiger partial charge in [0, 0.05) is 24.6 Å². The molecule has 0 saturated carbocycles. The van der Waals surface area contributed by atoms with E-state index in [9.17, 15) is 4.79 Å². The molecule has 138 valence electrons. The van der Waals surface area contributed by atoms with Gasteiger partial charge in [-0.1, -0.05) is 48.5 Å². The number of benzene rings is 2. The van der Waals surface area contributed by atoms with Crippen molar-refractivity contribution in [2.45, 2.75) is 12.3 Å². The molecule has 4 rings (SSSR count). The summed E-state index contributed by atoms with van der Waals surface area (Å²) < 4.78 is 5.55. The summed E-state index contributed by atoms with van der Waals surface area (Å²) in [5.74, 6) is 1.19. The zero-order chi connectivity index (χ0) is 18.6. The van der Waals surface area contributed by atoms with E-state index >= 15 is 0 Å². The number of hydrogen-bond donors (Lipinski definition) is 1. The third-order valence-corrected chi connectivity index (χ3v) is 5.23. The maximum Gasteiger partial charge on any atom is 0.228 e. The number of hydrogen-bond acceptors (Lipinski definition) is 4. The monoisotopic (exact) mass is 361 g/mol. The summed E-state index contributed by atoms with van der Waals surface area (Å²) in [5, 5.41) is 0. The summed E-state index contributed by atoms with van der Waals surface area (Å²) in [4.78, 5) is 19.2. The highest BCUT2D eigenvalue weighted by atomic mass is 16.3. The lowest BCUT2D eigenvalue weighted by Crippen LogP contribution is -2.31. The highest BCUT2D eigenvalue weighted by molar-refractivity contribution is 5.79. The molecule has 1 saturated heterocycles. The number of nitrogens with two attached hydrogens (primary N) is 1. The van der Waals surface area contributed by atoms with E-state index in [-0.39, 0.29) is 24.2 Å². The molecule has 0 aliphatic carbocycles. The van der Waals surface area contributed by atoms with Gasteiger partial charge in [-0.3, -0.25) is 4.79 Å². The van der Waals surface area contributed by atoms with Gasteiger partial charge in [-0.2, -0.15) is 0 Å². The molecule has 1 aliphatic heterocycles. The summed E-state index contributed by atoms with van der Waals surface area (Å²) in [6.07, 6.45) is 1.82. The Morgan fingerprint density at radius 2 is 1.78 bits per heavy atom. The maximum absolute atomic E-state index is 12.8. The molecule has 1 aromatic heterocycles. The lowest BCUT2D eigenvalue weighted by Gasteiger charge is -2.16. The van der Waals surface area contributed by atoms with Crippen molar-refractivity contribution in [2.75, 3.05) is 19.6 Å². The van der Waals surface area contributed by atoms with E-state index in [1.807, 2.05) is 53.4 Å². The molecule has 3 aromatic rings. The molecule has 1 amide bonds. The Bertz CT molecular complexity index is 892. The minimum absolute atomic E-state index is 0.0693. The number of nitrogens with zero attached hydrogens (tertiary/aromatic N) is 2. The van der Waals surface area contributed by atoms with Gasteiger partial charge in [0.1, 0.15) is 6.26 Å². The van der Waals surface area contributed by atoms with Crippen LogP contribution in [-0.4, -0.2) is 35.4 Å². The smallest absolute Gasteiger partial charge is 0.228 e. The van der Waals surface area contributed by atoms with Crippen LogP contribution in [0.25, 0.3) is 11.5 Å². The van der Waals surface area contributed by atoms with E-state index in [1.165, 1.54) is 5.56 Å². The average molecular weight is 361 g/mol. The van der Waals surface area contributed by atoms with Crippen LogP contribution in [-0.2, 0) is 11.2 Å². The first-order valence-electron chi connectivity index (χ1n) is 9.27. The number of carbonyl (C=O) groups is 1. The molecule has 5 nitrogen and oxygen atoms in total. The summed E-state index contributed by atoms with van der Waals surface area (Å²) >= 11 is 0. The van der Waals surface area contributed by atoms with E-state index < -0.39 is 0 Å². The highest BCUT2D eigenvalue weighted by Crippen LogP contribution is 2.32. The second kappa shape index (κ2) is 7.76. The molecule has 1 fully saturated rings. The van der Waals surface area contributed by atoms with Crippen LogP contribution in [0, 0.1) is 5.92 Å². The number of aromatic nitrogens is 1. The van der Waals surface area contributed by atoms with Crippen molar-refractivity contribution in [2.24, 2.45) is 11.7 Å². The number of likely N-dealkylation sites (tertiary alicyclic amines) is 1. The molecule has 2 N–H and O–H groups in total. The van der Waals surface area contributed by atoms with Crippen molar-refractivity contribution in [3.05, 3.63) is 78.2 Å². The van der Waals surface area contributed by atoms with E-state index in [1.54, 1.807) is 6.26 Å². The molecular formula is C22H23N3O2. The van der Waals surface area contributed by atoms with Gasteiger partial charge < -0.3 is 15.1 Å². The summed E-state index contributed by atoms with van der Waals surface area (Å²) in [6, 6.07) is 20.0. The van der Waals surface area contributed by atoms with Gasteiger partial charge in [-0.15, -0.1) is 0 Å². The Balaban J connectivity index is 1.44. The van der Waals surface area contributed by atoms with E-state index in [0.29, 0.717) is 31.2 Å². The van der Waals surface area contributed by atoms with Crippen LogP contribution in [0.3, 0.4) is 0 Å². The van der Waals surface area contributed by atoms with Gasteiger partial charge in [0.2, 0.25) is 11.8 Å². The topological polar surface area (TPSA) is 72.4 Å². The third kappa shape index (κ3) is 3.78. The normalized spacial score (nSPS) is 19.4. The molecule has 0 unspecified atom stereocenters. The zero-order valence-corrected chi connectivity index (χ0v) is 15.1. The van der Waals surface area contributed by atoms with E-state index in [4.69, 9.17) is 10.2 Å². The first kappa shape index (κ1) is 17.5. The quantitative estimate of drug-likeness (QED) is 0.758. The fourth-order valence-corrected chi connectivity index (χ4v) is 3.76. The van der Waals surface area contributed by atoms with Crippen molar-refractivity contribution in [1.82, 2.24) is 9.88 Å². The van der Waals surface area contributed by atoms with Crippen LogP contribution in [0.15, 0.2) is 71.3 Å². The first-order chi connectivity index (χ1) is 13.2. The van der Waals surface area contributed by atoms with E-state index in [2.05, 4.69) is 17.1 Å². The van der Waals surface area contributed by atoms with Crippen molar-refractivity contribution >= 4 is 5.91 Å². The number of amides is 1. The predicted molar refractivity (Wildman–Crippen MR) is 104 cm³/mol. The van der Waals surface area contributed by atoms with Gasteiger partial charge in [-0.05, 0) is 30.2 Å². The third-order valence-electron chi connectivity index (χ3n) is 5.23. The maximum atomic E-state index is 12.8. The summed E-state index contributed by atoms with van der Waals surface area (Å²) in [5.41, 5.74) is 8.79. The number of rotatable bonds is 5. The minimum Gasteiger partial charge on any atom is -0.444 e. The highest BCUT2D eigenvalue weighted by Gasteiger charge is 2.35. The second-order valence-electron chi connectivity index (χ2n) is 7.00. The van der Waals surface area contributed by atoms with Crippen molar-refractivity contribution in [3.8, 4) is 11.5 Å². The van der Waals surface area contributed by atoms with Crippen molar-refractivity contribution in [3.63, 3.8) is 0 Å². The fourth-order valence-electron chi connectivity index (χ4n) is 3.76. The van der Waals surface area contributed by atoms with Crippen LogP contribution >= 0.6 is 0 Å². The molecule has 2 heterocycles. The molecule has 2 atom stereocenters. The number of carbonyl (C=O) groups excluding carboxylic acids is 1. The molecule has 2 aromatic carbocycles. The Labute approximate surface area is 158 Å². The van der Waals surface area contributed by atoms with Crippen LogP contribution < -0.4 is 5.73 Å². The van der Waals surface area contributed by atoms with Crippen molar-refractivity contribution < 1.29 is 9.21 Å². The Morgan fingerprint density at radius 3 is 2.48 bits per heavy atom. The predicted octanol–water partition coefficient (Wildman–Crippen LogP) is 3.09. The minimum atomic E-state index is 0.0693. The van der Waals surface area contributed by atoms with Crippen LogP contribution in [0.1, 0.15) is 17.2 Å². The largest absolute Gasteiger partial charge is 0.444 e. The summed E-state index contributed by atoms with van der Waals surface area (Å²) in [7, 11) is 0. The van der Waals surface area contributed by atoms with Gasteiger partial charge in [0.05, 0.1) is 12.1 Å². The molecule has 5 heteroatoms. The fraction of sp³-hybridized carbons (Fsp3) is 0.273. The van der Waals surface area contributed by atoms with Gasteiger partial charge >= 0.3 is 0 Å². The summed E-state index contributed by atoms with van der Waals surface area (Å²) in [6.45, 7) is 1.97. The standard InChI is InChI=1S/C22H23N3O2/c23-12-18-13-25(14-20(18)16-7-3-1-4-8-16)21(26)11-19-15-27-22(24-19)17-9-5-2-6-10-17/h1-10,15,18,20H,11-14,23H2/t18-,20+/m1/s1. The lowest BCUT2D eigenvalue weighted by molar-refractivity contribution is -0.129. The molecule has 0 spiro atoms. The van der Waals surface area contributed by atoms with Gasteiger partial charge in [0.25, 0.3) is 0 Å². The Morgan fingerprint density at radius 1 is 1.07 bits per heavy atom. The van der Waals surface area contributed by atoms with Gasteiger partial charge in [-0.25, -0.2) is 4.98 Å². The van der Waals surface area contributed by atoms with Crippen LogP contribution in [0.5, 0.6) is 0 Å². The Hall–Kier alpha value is -2.92. The molecular weight excluding hydrogens is 338 g/mol. The first-order valence-corrected chi connectivity index (χ1v) is 9.27. The SMILES string of the molecule is NC[C@@H]1CN(C(=O)Cc2coc(-c3ccccc3)n2)C[C@H]1c1ccccc1. The van der Waals surface area contributed by atoms with E-state index in [0.717, 1.165) is 5.56 Å². The zero-order valence-electron chi connectivity index (χ0n) is 15.1. The van der Waals surface area contributed by atoms with Crippen LogP contribution in [0.4, 0.5) is 0 Å². The molecule has 0 radical (unpaired) electrons. The van der Waals surface area contributed by atoms with Crippen molar-refractivity contribution in [1.29, 1.82) is 0 Å². The van der Waals surface area contributed by atoms with Gasteiger partial charge in [0.15, 0.2) is 0 Å². The molecule has 27 heavy (non-hydrogen) atoms.